The Hall–Kier alpha value is -2.25. The minimum atomic E-state index is -0.461. The maximum Gasteiger partial charge on any atom is 0.257 e. The van der Waals surface area contributed by atoms with Crippen LogP contribution in [0, 0.1) is 5.82 Å². The predicted octanol–water partition coefficient (Wildman–Crippen LogP) is 2.48. The summed E-state index contributed by atoms with van der Waals surface area (Å²) < 4.78 is 24.3. The van der Waals surface area contributed by atoms with Crippen molar-refractivity contribution in [3.05, 3.63) is 41.8 Å². The van der Waals surface area contributed by atoms with Crippen molar-refractivity contribution >= 4 is 5.91 Å². The zero-order chi connectivity index (χ0) is 18.0. The van der Waals surface area contributed by atoms with Crippen LogP contribution in [0.2, 0.25) is 0 Å². The van der Waals surface area contributed by atoms with Crippen LogP contribution in [0.25, 0.3) is 11.3 Å². The second-order valence-corrected chi connectivity index (χ2v) is 6.81. The third-order valence-corrected chi connectivity index (χ3v) is 4.12. The quantitative estimate of drug-likeness (QED) is 0.923. The van der Waals surface area contributed by atoms with Gasteiger partial charge in [-0.1, -0.05) is 0 Å². The maximum atomic E-state index is 13.2. The molecule has 3 rings (SSSR count). The van der Waals surface area contributed by atoms with Crippen molar-refractivity contribution in [3.8, 4) is 11.3 Å². The fourth-order valence-electron chi connectivity index (χ4n) is 3.18. The molecule has 1 fully saturated rings. The van der Waals surface area contributed by atoms with Gasteiger partial charge in [-0.05, 0) is 38.1 Å². The number of nitrogens with one attached hydrogen (secondary N) is 1. The van der Waals surface area contributed by atoms with Crippen LogP contribution in [0.5, 0.6) is 0 Å². The second kappa shape index (κ2) is 6.93. The molecule has 1 atom stereocenters. The summed E-state index contributed by atoms with van der Waals surface area (Å²) >= 11 is 0. The Bertz CT molecular complexity index is 742. The van der Waals surface area contributed by atoms with Crippen LogP contribution in [-0.4, -0.2) is 59.5 Å². The average molecular weight is 347 g/mol. The van der Waals surface area contributed by atoms with Crippen LogP contribution in [0.1, 0.15) is 24.2 Å². The van der Waals surface area contributed by atoms with Crippen LogP contribution < -0.4 is 0 Å². The summed E-state index contributed by atoms with van der Waals surface area (Å²) in [6.45, 7) is 5.24. The molecule has 1 aliphatic heterocycles. The Labute approximate surface area is 145 Å². The van der Waals surface area contributed by atoms with E-state index in [1.54, 1.807) is 24.1 Å². The number of rotatable bonds is 4. The minimum Gasteiger partial charge on any atom is -0.382 e. The first-order valence-electron chi connectivity index (χ1n) is 8.15. The molecular weight excluding hydrogens is 325 g/mol. The van der Waals surface area contributed by atoms with Gasteiger partial charge in [0.2, 0.25) is 0 Å². The Morgan fingerprint density at radius 2 is 2.16 bits per heavy atom. The SMILES string of the molecule is COCC1CN(C(=O)c2cn[nH]c2-c2ccc(F)cc2)CC(C)(C)O1. The Morgan fingerprint density at radius 1 is 1.44 bits per heavy atom. The van der Waals surface area contributed by atoms with Crippen LogP contribution in [0.4, 0.5) is 4.39 Å². The minimum absolute atomic E-state index is 0.134. The van der Waals surface area contributed by atoms with Crippen molar-refractivity contribution in [2.45, 2.75) is 25.6 Å². The van der Waals surface area contributed by atoms with Gasteiger partial charge in [0.15, 0.2) is 0 Å². The van der Waals surface area contributed by atoms with E-state index in [2.05, 4.69) is 10.2 Å². The average Bonchev–Trinajstić information content (AvgIpc) is 3.03. The van der Waals surface area contributed by atoms with Crippen molar-refractivity contribution < 1.29 is 18.7 Å². The van der Waals surface area contributed by atoms with Crippen molar-refractivity contribution in [2.75, 3.05) is 26.8 Å². The first kappa shape index (κ1) is 17.6. The molecule has 1 aromatic carbocycles. The molecule has 0 saturated carbocycles. The number of morpholine rings is 1. The van der Waals surface area contributed by atoms with Gasteiger partial charge >= 0.3 is 0 Å². The fraction of sp³-hybridized carbons (Fsp3) is 0.444. The van der Waals surface area contributed by atoms with Gasteiger partial charge in [-0.15, -0.1) is 0 Å². The van der Waals surface area contributed by atoms with Crippen molar-refractivity contribution in [3.63, 3.8) is 0 Å². The largest absolute Gasteiger partial charge is 0.382 e. The van der Waals surface area contributed by atoms with Crippen LogP contribution in [0.3, 0.4) is 0 Å². The lowest BCUT2D eigenvalue weighted by Crippen LogP contribution is -2.55. The summed E-state index contributed by atoms with van der Waals surface area (Å²) in [5.41, 5.74) is 1.29. The number of carbonyl (C=O) groups is 1. The van der Waals surface area contributed by atoms with E-state index >= 15 is 0 Å². The molecule has 0 aliphatic carbocycles. The molecule has 1 saturated heterocycles. The molecule has 134 valence electrons. The zero-order valence-electron chi connectivity index (χ0n) is 14.6. The summed E-state index contributed by atoms with van der Waals surface area (Å²) in [4.78, 5) is 14.8. The van der Waals surface area contributed by atoms with E-state index in [-0.39, 0.29) is 17.8 Å². The molecule has 0 spiro atoms. The molecule has 0 radical (unpaired) electrons. The predicted molar refractivity (Wildman–Crippen MR) is 90.7 cm³/mol. The van der Waals surface area contributed by atoms with Gasteiger partial charge in [-0.3, -0.25) is 9.89 Å². The lowest BCUT2D eigenvalue weighted by atomic mass is 10.0. The highest BCUT2D eigenvalue weighted by Crippen LogP contribution is 2.26. The lowest BCUT2D eigenvalue weighted by molar-refractivity contribution is -0.143. The summed E-state index contributed by atoms with van der Waals surface area (Å²) in [6.07, 6.45) is 1.33. The van der Waals surface area contributed by atoms with Gasteiger partial charge in [0.1, 0.15) is 5.82 Å². The van der Waals surface area contributed by atoms with Gasteiger partial charge in [0.25, 0.3) is 5.91 Å². The highest BCUT2D eigenvalue weighted by atomic mass is 19.1. The molecule has 1 aliphatic rings. The maximum absolute atomic E-state index is 13.2. The van der Waals surface area contributed by atoms with Crippen LogP contribution >= 0.6 is 0 Å². The van der Waals surface area contributed by atoms with Gasteiger partial charge in [0, 0.05) is 25.8 Å². The molecule has 25 heavy (non-hydrogen) atoms. The number of ether oxygens (including phenoxy) is 2. The Kier molecular flexibility index (Phi) is 4.87. The Balaban J connectivity index is 1.86. The molecule has 1 aromatic heterocycles. The number of nitrogens with zero attached hydrogens (tertiary/aromatic N) is 2. The van der Waals surface area contributed by atoms with E-state index in [4.69, 9.17) is 9.47 Å². The summed E-state index contributed by atoms with van der Waals surface area (Å²) in [5.74, 6) is -0.459. The molecule has 7 heteroatoms. The fourth-order valence-corrected chi connectivity index (χ4v) is 3.18. The van der Waals surface area contributed by atoms with Gasteiger partial charge in [-0.25, -0.2) is 4.39 Å². The Morgan fingerprint density at radius 3 is 2.84 bits per heavy atom. The molecule has 1 unspecified atom stereocenters. The van der Waals surface area contributed by atoms with E-state index in [1.807, 2.05) is 13.8 Å². The second-order valence-electron chi connectivity index (χ2n) is 6.81. The third kappa shape index (κ3) is 3.88. The molecule has 2 heterocycles. The molecular formula is C18H22FN3O3. The van der Waals surface area contributed by atoms with E-state index in [0.29, 0.717) is 36.5 Å². The zero-order valence-corrected chi connectivity index (χ0v) is 14.6. The van der Waals surface area contributed by atoms with Crippen molar-refractivity contribution in [1.82, 2.24) is 15.1 Å². The number of amides is 1. The van der Waals surface area contributed by atoms with Gasteiger partial charge < -0.3 is 14.4 Å². The highest BCUT2D eigenvalue weighted by Gasteiger charge is 2.36. The van der Waals surface area contributed by atoms with Gasteiger partial charge in [0.05, 0.1) is 35.8 Å². The number of aromatic amines is 1. The standard InChI is InChI=1S/C18H22FN3O3/c1-18(2)11-22(9-14(25-18)10-24-3)17(23)15-8-20-21-16(15)12-4-6-13(19)7-5-12/h4-8,14H,9-11H2,1-3H3,(H,20,21). The lowest BCUT2D eigenvalue weighted by Gasteiger charge is -2.42. The highest BCUT2D eigenvalue weighted by molar-refractivity contribution is 5.99. The number of hydrogen-bond donors (Lipinski definition) is 1. The first-order valence-corrected chi connectivity index (χ1v) is 8.15. The van der Waals surface area contributed by atoms with Gasteiger partial charge in [-0.2, -0.15) is 5.10 Å². The number of benzene rings is 1. The van der Waals surface area contributed by atoms with Crippen LogP contribution in [0.15, 0.2) is 30.5 Å². The normalized spacial score (nSPS) is 19.8. The van der Waals surface area contributed by atoms with E-state index in [9.17, 15) is 9.18 Å². The number of halogens is 1. The smallest absolute Gasteiger partial charge is 0.257 e. The van der Waals surface area contributed by atoms with E-state index in [1.165, 1.54) is 18.3 Å². The van der Waals surface area contributed by atoms with E-state index in [0.717, 1.165) is 0 Å². The number of H-pyrrole nitrogens is 1. The van der Waals surface area contributed by atoms with Crippen LogP contribution in [-0.2, 0) is 9.47 Å². The van der Waals surface area contributed by atoms with Crippen molar-refractivity contribution in [1.29, 1.82) is 0 Å². The molecule has 0 bridgehead atoms. The van der Waals surface area contributed by atoms with Crippen molar-refractivity contribution in [2.24, 2.45) is 0 Å². The topological polar surface area (TPSA) is 67.5 Å². The monoisotopic (exact) mass is 347 g/mol. The molecule has 1 amide bonds. The number of aromatic nitrogens is 2. The summed E-state index contributed by atoms with van der Waals surface area (Å²) in [5, 5.41) is 6.85. The number of carbonyl (C=O) groups excluding carboxylic acids is 1. The molecule has 6 nitrogen and oxygen atoms in total. The first-order chi connectivity index (χ1) is 11.9. The summed E-state index contributed by atoms with van der Waals surface area (Å²) in [7, 11) is 1.61. The third-order valence-electron chi connectivity index (χ3n) is 4.12. The summed E-state index contributed by atoms with van der Waals surface area (Å²) in [6, 6.07) is 5.96. The van der Waals surface area contributed by atoms with E-state index < -0.39 is 5.60 Å². The molecule has 1 N–H and O–H groups in total. The number of methoxy groups -OCH3 is 1. The number of hydrogen-bond acceptors (Lipinski definition) is 4. The molecule has 2 aromatic rings.